The Morgan fingerprint density at radius 2 is 1.60 bits per heavy atom. The van der Waals surface area contributed by atoms with Gasteiger partial charge >= 0.3 is 0 Å². The first-order valence-corrected chi connectivity index (χ1v) is 10.1. The molecule has 4 nitrogen and oxygen atoms in total. The third kappa shape index (κ3) is 3.30. The Morgan fingerprint density at radius 1 is 0.833 bits per heavy atom. The smallest absolute Gasteiger partial charge is 0.143 e. The normalized spacial score (nSPS) is 11.3. The zero-order valence-corrected chi connectivity index (χ0v) is 17.5. The van der Waals surface area contributed by atoms with Crippen LogP contribution < -0.4 is 0 Å². The van der Waals surface area contributed by atoms with Gasteiger partial charge in [0.2, 0.25) is 0 Å². The minimum absolute atomic E-state index is 0.220. The van der Waals surface area contributed by atoms with Gasteiger partial charge in [0.1, 0.15) is 33.6 Å². The van der Waals surface area contributed by atoms with Crippen LogP contribution in [0.3, 0.4) is 0 Å². The number of hydrogen-bond acceptors (Lipinski definition) is 2. The van der Waals surface area contributed by atoms with E-state index in [4.69, 9.17) is 11.6 Å². The van der Waals surface area contributed by atoms with Gasteiger partial charge in [-0.2, -0.15) is 0 Å². The summed E-state index contributed by atoms with van der Waals surface area (Å²) in [7, 11) is 0. The molecule has 0 aliphatic heterocycles. The van der Waals surface area contributed by atoms with E-state index in [1.807, 2.05) is 24.3 Å². The van der Waals surface area contributed by atoms with E-state index in [0.29, 0.717) is 33.0 Å². The molecular formula is C22H12BrClF2N4. The maximum atomic E-state index is 14.2. The molecule has 5 rings (SSSR count). The van der Waals surface area contributed by atoms with Crippen molar-refractivity contribution in [1.29, 1.82) is 0 Å². The molecule has 2 aromatic heterocycles. The van der Waals surface area contributed by atoms with Crippen LogP contribution in [0.5, 0.6) is 0 Å². The molecule has 8 heteroatoms. The average Bonchev–Trinajstić information content (AvgIpc) is 3.31. The molecule has 0 radical (unpaired) electrons. The summed E-state index contributed by atoms with van der Waals surface area (Å²) in [6.45, 7) is 0. The van der Waals surface area contributed by atoms with Crippen molar-refractivity contribution in [1.82, 2.24) is 19.9 Å². The van der Waals surface area contributed by atoms with Crippen molar-refractivity contribution in [2.45, 2.75) is 0 Å². The van der Waals surface area contributed by atoms with Crippen LogP contribution in [-0.4, -0.2) is 19.9 Å². The summed E-state index contributed by atoms with van der Waals surface area (Å²) >= 11 is 9.61. The molecule has 0 fully saturated rings. The Morgan fingerprint density at radius 3 is 2.37 bits per heavy atom. The van der Waals surface area contributed by atoms with Crippen LogP contribution in [0.2, 0.25) is 5.02 Å². The number of hydrogen-bond donors (Lipinski definition) is 2. The number of nitrogens with one attached hydrogen (secondary N) is 2. The summed E-state index contributed by atoms with van der Waals surface area (Å²) in [5, 5.41) is 0.277. The lowest BCUT2D eigenvalue weighted by atomic mass is 10.1. The van der Waals surface area contributed by atoms with Gasteiger partial charge in [0.05, 0.1) is 21.6 Å². The van der Waals surface area contributed by atoms with Crippen molar-refractivity contribution >= 4 is 38.6 Å². The van der Waals surface area contributed by atoms with Gasteiger partial charge in [0.25, 0.3) is 0 Å². The van der Waals surface area contributed by atoms with Crippen molar-refractivity contribution < 1.29 is 8.78 Å². The van der Waals surface area contributed by atoms with Crippen LogP contribution in [-0.2, 0) is 0 Å². The molecule has 0 saturated heterocycles. The Kier molecular flexibility index (Phi) is 4.64. The van der Waals surface area contributed by atoms with Gasteiger partial charge in [-0.3, -0.25) is 0 Å². The van der Waals surface area contributed by atoms with Gasteiger partial charge in [-0.1, -0.05) is 41.9 Å². The zero-order valence-electron chi connectivity index (χ0n) is 15.2. The number of nitrogens with zero attached hydrogens (tertiary/aromatic N) is 2. The highest BCUT2D eigenvalue weighted by molar-refractivity contribution is 9.10. The molecule has 0 bridgehead atoms. The quantitative estimate of drug-likeness (QED) is 0.290. The predicted octanol–water partition coefficient (Wildman–Crippen LogP) is 6.98. The monoisotopic (exact) mass is 484 g/mol. The fourth-order valence-corrected chi connectivity index (χ4v) is 4.05. The van der Waals surface area contributed by atoms with Crippen LogP contribution in [0.15, 0.2) is 65.3 Å². The summed E-state index contributed by atoms with van der Waals surface area (Å²) in [5.74, 6) is 0.208. The lowest BCUT2D eigenvalue weighted by Crippen LogP contribution is -1.88. The summed E-state index contributed by atoms with van der Waals surface area (Å²) in [6, 6.07) is 16.5. The van der Waals surface area contributed by atoms with E-state index in [9.17, 15) is 8.78 Å². The van der Waals surface area contributed by atoms with Crippen molar-refractivity contribution in [3.8, 4) is 34.0 Å². The number of benzene rings is 3. The number of imidazole rings is 2. The van der Waals surface area contributed by atoms with E-state index < -0.39 is 5.82 Å². The van der Waals surface area contributed by atoms with E-state index >= 15 is 0 Å². The second-order valence-electron chi connectivity index (χ2n) is 6.67. The number of rotatable bonds is 3. The molecule has 0 atom stereocenters. The van der Waals surface area contributed by atoms with E-state index in [2.05, 4.69) is 35.9 Å². The van der Waals surface area contributed by atoms with Crippen LogP contribution >= 0.6 is 27.5 Å². The lowest BCUT2D eigenvalue weighted by Gasteiger charge is -2.02. The largest absolute Gasteiger partial charge is 0.338 e. The van der Waals surface area contributed by atoms with Crippen LogP contribution in [0.25, 0.3) is 45.1 Å². The van der Waals surface area contributed by atoms with E-state index in [-0.39, 0.29) is 16.4 Å². The zero-order chi connectivity index (χ0) is 20.8. The Balaban J connectivity index is 1.50. The number of aromatic amines is 2. The van der Waals surface area contributed by atoms with Crippen LogP contribution in [0, 0.1) is 11.6 Å². The molecule has 0 unspecified atom stereocenters. The van der Waals surface area contributed by atoms with Crippen molar-refractivity contribution in [3.05, 3.63) is 81.9 Å². The fraction of sp³-hybridized carbons (Fsp3) is 0. The minimum Gasteiger partial charge on any atom is -0.338 e. The number of aromatic nitrogens is 4. The SMILES string of the molecule is Fc1ccc2nc(-c3ccc(-c4nc(-c5c(F)cccc5Cl)[nH]c4Br)cc3)[nH]c2c1. The first-order valence-electron chi connectivity index (χ1n) is 8.95. The van der Waals surface area contributed by atoms with Gasteiger partial charge in [-0.25, -0.2) is 18.7 Å². The number of halogens is 4. The summed E-state index contributed by atoms with van der Waals surface area (Å²) < 4.78 is 28.3. The van der Waals surface area contributed by atoms with Crippen molar-refractivity contribution in [3.63, 3.8) is 0 Å². The van der Waals surface area contributed by atoms with Gasteiger partial charge in [-0.15, -0.1) is 0 Å². The second-order valence-corrected chi connectivity index (χ2v) is 7.87. The first-order chi connectivity index (χ1) is 14.5. The molecule has 2 N–H and O–H groups in total. The van der Waals surface area contributed by atoms with Crippen molar-refractivity contribution in [2.24, 2.45) is 0 Å². The van der Waals surface area contributed by atoms with Crippen LogP contribution in [0.1, 0.15) is 0 Å². The van der Waals surface area contributed by atoms with E-state index in [1.165, 1.54) is 18.2 Å². The molecule has 0 amide bonds. The standard InChI is InChI=1S/C22H12BrClF2N4/c23-20-19(29-22(30-20)18-14(24)2-1-3-15(18)26)11-4-6-12(7-5-11)21-27-16-9-8-13(25)10-17(16)28-21/h1-10H,(H,27,28)(H,29,30). The Hall–Kier alpha value is -3.03. The highest BCUT2D eigenvalue weighted by atomic mass is 79.9. The molecule has 30 heavy (non-hydrogen) atoms. The third-order valence-electron chi connectivity index (χ3n) is 4.73. The maximum Gasteiger partial charge on any atom is 0.143 e. The molecule has 148 valence electrons. The molecule has 3 aromatic carbocycles. The fourth-order valence-electron chi connectivity index (χ4n) is 3.29. The Labute approximate surface area is 183 Å². The first kappa shape index (κ1) is 19.0. The summed E-state index contributed by atoms with van der Waals surface area (Å²) in [6.07, 6.45) is 0. The number of fused-ring (bicyclic) bond motifs is 1. The van der Waals surface area contributed by atoms with E-state index in [0.717, 1.165) is 11.1 Å². The maximum absolute atomic E-state index is 14.2. The second kappa shape index (κ2) is 7.34. The highest BCUT2D eigenvalue weighted by Gasteiger charge is 2.17. The average molecular weight is 486 g/mol. The highest BCUT2D eigenvalue weighted by Crippen LogP contribution is 2.34. The number of H-pyrrole nitrogens is 2. The van der Waals surface area contributed by atoms with E-state index in [1.54, 1.807) is 18.2 Å². The lowest BCUT2D eigenvalue weighted by molar-refractivity contribution is 0.629. The molecule has 0 saturated carbocycles. The van der Waals surface area contributed by atoms with Gasteiger partial charge in [0.15, 0.2) is 0 Å². The molecule has 0 spiro atoms. The van der Waals surface area contributed by atoms with Crippen molar-refractivity contribution in [2.75, 3.05) is 0 Å². The molecule has 2 heterocycles. The molecule has 5 aromatic rings. The summed E-state index contributed by atoms with van der Waals surface area (Å²) in [4.78, 5) is 15.2. The Bertz CT molecular complexity index is 1370. The predicted molar refractivity (Wildman–Crippen MR) is 117 cm³/mol. The molecular weight excluding hydrogens is 474 g/mol. The van der Waals surface area contributed by atoms with Gasteiger partial charge in [0, 0.05) is 11.1 Å². The van der Waals surface area contributed by atoms with Gasteiger partial charge < -0.3 is 9.97 Å². The summed E-state index contributed by atoms with van der Waals surface area (Å²) in [5.41, 5.74) is 3.84. The van der Waals surface area contributed by atoms with Gasteiger partial charge in [-0.05, 0) is 46.3 Å². The topological polar surface area (TPSA) is 57.4 Å². The van der Waals surface area contributed by atoms with Crippen LogP contribution in [0.4, 0.5) is 8.78 Å². The molecule has 0 aliphatic carbocycles. The molecule has 0 aliphatic rings. The minimum atomic E-state index is -0.452. The third-order valence-corrected chi connectivity index (χ3v) is 5.62.